The van der Waals surface area contributed by atoms with E-state index in [1.54, 1.807) is 0 Å². The smallest absolute Gasteiger partial charge is 0.550 e. The van der Waals surface area contributed by atoms with Crippen molar-refractivity contribution in [3.8, 4) is 0 Å². The van der Waals surface area contributed by atoms with Gasteiger partial charge in [0.05, 0.1) is 0 Å². The Morgan fingerprint density at radius 2 is 0.317 bits per heavy atom. The third kappa shape index (κ3) is 107. The van der Waals surface area contributed by atoms with E-state index in [1.165, 1.54) is 257 Å². The van der Waals surface area contributed by atoms with Crippen LogP contribution < -0.4 is 20.4 Å². The summed E-state index contributed by atoms with van der Waals surface area (Å²) >= 11 is 0. The van der Waals surface area contributed by atoms with Gasteiger partial charge in [0.1, 0.15) is 0 Å². The van der Waals surface area contributed by atoms with Crippen LogP contribution in [0.25, 0.3) is 0 Å². The van der Waals surface area contributed by atoms with Gasteiger partial charge in [0.2, 0.25) is 0 Å². The van der Waals surface area contributed by atoms with Gasteiger partial charge in [0, 0.05) is 23.9 Å². The summed E-state index contributed by atoms with van der Waals surface area (Å²) in [6, 6.07) is 0. The molecule has 0 amide bonds. The molecule has 0 N–H and O–H groups in total. The normalized spacial score (nSPS) is 11.0. The van der Waals surface area contributed by atoms with Gasteiger partial charge in [-0.3, -0.25) is 0 Å². The number of hydrogen-bond donors (Lipinski definition) is 0. The van der Waals surface area contributed by atoms with E-state index in [0.717, 1.165) is 77.0 Å². The summed E-state index contributed by atoms with van der Waals surface area (Å²) in [5.74, 6) is -3.66. The van der Waals surface area contributed by atoms with Crippen LogP contribution in [0.4, 0.5) is 0 Å². The second-order valence-corrected chi connectivity index (χ2v) is 22.8. The third-order valence-corrected chi connectivity index (χ3v) is 14.6. The van der Waals surface area contributed by atoms with Crippen molar-refractivity contribution < 1.29 is 59.1 Å². The van der Waals surface area contributed by atoms with Crippen LogP contribution in [0.2, 0.25) is 0 Å². The zero-order valence-electron chi connectivity index (χ0n) is 54.9. The average molecular weight is 1230 g/mol. The quantitative estimate of drug-likeness (QED) is 0.0330. The van der Waals surface area contributed by atoms with E-state index in [2.05, 4.69) is 76.3 Å². The van der Waals surface area contributed by atoms with E-state index >= 15 is 0 Å². The van der Waals surface area contributed by atoms with Crippen LogP contribution in [-0.2, 0) is 38.7 Å². The molecule has 0 aliphatic heterocycles. The summed E-state index contributed by atoms with van der Waals surface area (Å²) in [5.41, 5.74) is 0. The minimum Gasteiger partial charge on any atom is -0.550 e. The zero-order chi connectivity index (χ0) is 59.6. The molecule has 0 aromatic heterocycles. The molecular weight excluding hydrogens is 1100 g/mol. The number of carboxylic acid groups (broad SMARTS) is 4. The van der Waals surface area contributed by atoms with Crippen LogP contribution >= 0.6 is 0 Å². The van der Waals surface area contributed by atoms with E-state index in [9.17, 15) is 39.6 Å². The van der Waals surface area contributed by atoms with Gasteiger partial charge >= 0.3 is 57.2 Å². The van der Waals surface area contributed by atoms with Gasteiger partial charge in [-0.05, 0) is 154 Å². The van der Waals surface area contributed by atoms with Crippen molar-refractivity contribution in [1.29, 1.82) is 0 Å². The molecule has 0 atom stereocenters. The van der Waals surface area contributed by atoms with E-state index in [-0.39, 0.29) is 82.9 Å². The monoisotopic (exact) mass is 1230 g/mol. The summed E-state index contributed by atoms with van der Waals surface area (Å²) in [6.45, 7) is 9.02. The summed E-state index contributed by atoms with van der Waals surface area (Å²) < 4.78 is 0. The fraction of sp³-hybridized carbons (Fsp3) is 0.833. The molecule has 0 aromatic carbocycles. The average Bonchev–Trinajstić information content (AvgIpc) is 3.43. The summed E-state index contributed by atoms with van der Waals surface area (Å²) in [6.07, 6.45) is 83.6. The number of allylic oxidation sites excluding steroid dienone is 8. The van der Waals surface area contributed by atoms with Gasteiger partial charge in [0.25, 0.3) is 0 Å². The number of rotatable bonds is 60. The molecular formula is C72H132CaO8Zn. The first kappa shape index (κ1) is 91.9. The number of carbonyl (C=O) groups is 4. The van der Waals surface area contributed by atoms with Crippen molar-refractivity contribution in [2.75, 3.05) is 0 Å². The Kier molecular flexibility index (Phi) is 99.2. The number of aliphatic carboxylic acids is 4. The van der Waals surface area contributed by atoms with Gasteiger partial charge in [0.15, 0.2) is 0 Å². The first-order valence-electron chi connectivity index (χ1n) is 34.5. The van der Waals surface area contributed by atoms with Crippen LogP contribution in [0.1, 0.15) is 387 Å². The SMILES string of the molecule is CCCCCCCC/C=C\CCCCCCCC(=O)[O-].CCCCCCCC/C=C\CCCCCCCC(=O)[O-].CCCCCCCC/C=C\CCCCCCCC(=O)[O-].CCCCCCCC/C=C\CCCCCCCC(=O)[O-].[Ca+2].[Zn+2]. The van der Waals surface area contributed by atoms with Crippen molar-refractivity contribution in [2.45, 2.75) is 387 Å². The summed E-state index contributed by atoms with van der Waals surface area (Å²) in [5, 5.41) is 40.9. The second kappa shape index (κ2) is 88.5. The van der Waals surface area contributed by atoms with Crippen LogP contribution in [0, 0.1) is 0 Å². The Labute approximate surface area is 552 Å². The molecule has 0 saturated heterocycles. The second-order valence-electron chi connectivity index (χ2n) is 22.8. The standard InChI is InChI=1S/4C18H34O2.Ca.Zn/c4*1-2-3-4-5-6-7-8-9-10-11-12-13-14-15-16-17-18(19)20;;/h4*9-10H,2-8,11-17H2,1H3,(H,19,20);;/q;;;;2*+2/p-4/b4*10-9-;;. The molecule has 0 aliphatic carbocycles. The maximum absolute atomic E-state index is 10.2. The number of hydrogen-bond acceptors (Lipinski definition) is 8. The van der Waals surface area contributed by atoms with Crippen LogP contribution in [0.3, 0.4) is 0 Å². The van der Waals surface area contributed by atoms with Gasteiger partial charge in [-0.25, -0.2) is 0 Å². The number of carboxylic acids is 4. The molecule has 0 bridgehead atoms. The van der Waals surface area contributed by atoms with Crippen molar-refractivity contribution in [3.05, 3.63) is 48.6 Å². The Hall–Kier alpha value is -1.28. The molecule has 0 heterocycles. The molecule has 0 radical (unpaired) electrons. The Bertz CT molecular complexity index is 1150. The largest absolute Gasteiger partial charge is 2.00 e. The van der Waals surface area contributed by atoms with Gasteiger partial charge in [-0.2, -0.15) is 0 Å². The summed E-state index contributed by atoms with van der Waals surface area (Å²) in [7, 11) is 0. The predicted molar refractivity (Wildman–Crippen MR) is 344 cm³/mol. The van der Waals surface area contributed by atoms with Crippen molar-refractivity contribution in [2.24, 2.45) is 0 Å². The van der Waals surface area contributed by atoms with Crippen molar-refractivity contribution in [3.63, 3.8) is 0 Å². The van der Waals surface area contributed by atoms with E-state index in [1.807, 2.05) is 0 Å². The first-order chi connectivity index (χ1) is 39.1. The fourth-order valence-corrected chi connectivity index (χ4v) is 9.36. The molecule has 8 nitrogen and oxygen atoms in total. The number of carbonyl (C=O) groups excluding carboxylic acids is 4. The molecule has 0 unspecified atom stereocenters. The minimum atomic E-state index is -0.914. The minimum absolute atomic E-state index is 0. The Morgan fingerprint density at radius 1 is 0.207 bits per heavy atom. The first-order valence-corrected chi connectivity index (χ1v) is 34.5. The topological polar surface area (TPSA) is 161 Å². The number of unbranched alkanes of at least 4 members (excludes halogenated alkanes) is 44. The van der Waals surface area contributed by atoms with Crippen LogP contribution in [0.15, 0.2) is 48.6 Å². The van der Waals surface area contributed by atoms with E-state index < -0.39 is 23.9 Å². The van der Waals surface area contributed by atoms with Crippen LogP contribution in [-0.4, -0.2) is 61.6 Å². The van der Waals surface area contributed by atoms with Crippen molar-refractivity contribution >= 4 is 61.6 Å². The Balaban J connectivity index is -0.000000233. The molecule has 472 valence electrons. The van der Waals surface area contributed by atoms with Crippen LogP contribution in [0.5, 0.6) is 0 Å². The predicted octanol–water partition coefficient (Wildman–Crippen LogP) is 18.7. The molecule has 0 saturated carbocycles. The maximum atomic E-state index is 10.2. The van der Waals surface area contributed by atoms with Crippen molar-refractivity contribution in [1.82, 2.24) is 0 Å². The fourth-order valence-electron chi connectivity index (χ4n) is 9.36. The molecule has 0 aliphatic rings. The zero-order valence-corrected chi connectivity index (χ0v) is 60.1. The van der Waals surface area contributed by atoms with Gasteiger partial charge < -0.3 is 39.6 Å². The molecule has 0 spiro atoms. The molecule has 0 rings (SSSR count). The Morgan fingerprint density at radius 3 is 0.439 bits per heavy atom. The third-order valence-electron chi connectivity index (χ3n) is 14.6. The van der Waals surface area contributed by atoms with E-state index in [0.29, 0.717) is 0 Å². The van der Waals surface area contributed by atoms with E-state index in [4.69, 9.17) is 0 Å². The van der Waals surface area contributed by atoms with Gasteiger partial charge in [-0.15, -0.1) is 0 Å². The molecule has 82 heavy (non-hydrogen) atoms. The molecule has 10 heteroatoms. The van der Waals surface area contributed by atoms with Gasteiger partial charge in [-0.1, -0.05) is 282 Å². The maximum Gasteiger partial charge on any atom is 2.00 e. The summed E-state index contributed by atoms with van der Waals surface area (Å²) in [4.78, 5) is 40.9. The molecule has 0 fully saturated rings. The molecule has 0 aromatic rings.